The molecular weight excluding hydrogens is 280 g/mol. The van der Waals surface area contributed by atoms with Gasteiger partial charge in [0.25, 0.3) is 0 Å². The Balaban J connectivity index is -0.0000000369. The molecule has 0 aromatic carbocycles. The number of rotatable bonds is 0. The van der Waals surface area contributed by atoms with Gasteiger partial charge in [-0.15, -0.1) is 0 Å². The summed E-state index contributed by atoms with van der Waals surface area (Å²) in [5.41, 5.74) is 0. The zero-order valence-electron chi connectivity index (χ0n) is 9.62. The minimum atomic E-state index is -1.08. The van der Waals surface area contributed by atoms with Crippen LogP contribution in [0.25, 0.3) is 0 Å². The van der Waals surface area contributed by atoms with Crippen LogP contribution in [-0.2, 0) is 36.2 Å². The summed E-state index contributed by atoms with van der Waals surface area (Å²) in [4.78, 5) is 35.6. The van der Waals surface area contributed by atoms with Crippen molar-refractivity contribution in [3.8, 4) is 0 Å². The molecule has 0 N–H and O–H groups in total. The number of carbonyl (C=O) groups excluding carboxylic acids is 4. The van der Waals surface area contributed by atoms with E-state index >= 15 is 0 Å². The molecule has 0 aliphatic carbocycles. The van der Waals surface area contributed by atoms with Crippen LogP contribution in [0.3, 0.4) is 0 Å². The Morgan fingerprint density at radius 2 is 0.529 bits per heavy atom. The van der Waals surface area contributed by atoms with Gasteiger partial charge in [0.2, 0.25) is 0 Å². The fraction of sp³-hybridized carbons (Fsp3) is 0.500. The zero-order chi connectivity index (χ0) is 14.3. The summed E-state index contributed by atoms with van der Waals surface area (Å²) in [5.74, 6) is -4.33. The molecule has 0 aliphatic rings. The maximum absolute atomic E-state index is 8.89. The van der Waals surface area contributed by atoms with Gasteiger partial charge in [-0.2, -0.15) is 0 Å². The summed E-state index contributed by atoms with van der Waals surface area (Å²) in [6, 6.07) is 0. The average Bonchev–Trinajstić information content (AvgIpc) is 1.76. The van der Waals surface area contributed by atoms with Gasteiger partial charge in [-0.1, -0.05) is 0 Å². The fourth-order valence-corrected chi connectivity index (χ4v) is 0. The Labute approximate surface area is 109 Å². The van der Waals surface area contributed by atoms with Gasteiger partial charge in [0.15, 0.2) is 0 Å². The molecule has 17 heavy (non-hydrogen) atoms. The minimum Gasteiger partial charge on any atom is -0.550 e. The molecule has 0 saturated heterocycles. The third kappa shape index (κ3) is 864. The van der Waals surface area contributed by atoms with Crippen molar-refractivity contribution in [3.63, 3.8) is 0 Å². The maximum atomic E-state index is 8.89. The molecule has 0 bridgehead atoms. The first-order chi connectivity index (χ1) is 6.93. The van der Waals surface area contributed by atoms with Crippen molar-refractivity contribution in [1.82, 2.24) is 0 Å². The van der Waals surface area contributed by atoms with Crippen molar-refractivity contribution < 1.29 is 56.7 Å². The molecule has 0 aliphatic heterocycles. The minimum absolute atomic E-state index is 0. The van der Waals surface area contributed by atoms with Crippen LogP contribution in [-0.4, -0.2) is 23.9 Å². The largest absolute Gasteiger partial charge is 4.00 e. The van der Waals surface area contributed by atoms with E-state index in [2.05, 4.69) is 0 Å². The molecule has 0 atom stereocenters. The molecule has 0 amide bonds. The summed E-state index contributed by atoms with van der Waals surface area (Å²) in [6.45, 7) is 3.89. The molecule has 9 heteroatoms. The number of aliphatic carboxylic acids is 4. The van der Waals surface area contributed by atoms with E-state index in [4.69, 9.17) is 39.6 Å². The van der Waals surface area contributed by atoms with Gasteiger partial charge in [0.05, 0.1) is 0 Å². The molecule has 0 saturated carbocycles. The van der Waals surface area contributed by atoms with Crippen LogP contribution in [0.15, 0.2) is 0 Å². The molecular formula is C8H12FeO8. The number of hydrogen-bond donors (Lipinski definition) is 0. The van der Waals surface area contributed by atoms with Gasteiger partial charge in [-0.05, 0) is 27.7 Å². The summed E-state index contributed by atoms with van der Waals surface area (Å²) >= 11 is 0. The predicted molar refractivity (Wildman–Crippen MR) is 42.7 cm³/mol. The van der Waals surface area contributed by atoms with E-state index in [-0.39, 0.29) is 17.1 Å². The molecule has 0 aromatic heterocycles. The molecule has 100 valence electrons. The summed E-state index contributed by atoms with van der Waals surface area (Å²) < 4.78 is 0. The normalized spacial score (nSPS) is 5.88. The van der Waals surface area contributed by atoms with Gasteiger partial charge < -0.3 is 39.6 Å². The monoisotopic (exact) mass is 292 g/mol. The third-order valence-electron chi connectivity index (χ3n) is 0. The van der Waals surface area contributed by atoms with Crippen molar-refractivity contribution in [3.05, 3.63) is 0 Å². The van der Waals surface area contributed by atoms with Gasteiger partial charge >= 0.3 is 17.1 Å². The first kappa shape index (κ1) is 29.5. The second-order valence-corrected chi connectivity index (χ2v) is 1.97. The van der Waals surface area contributed by atoms with Crippen LogP contribution in [0.4, 0.5) is 0 Å². The van der Waals surface area contributed by atoms with E-state index in [0.717, 1.165) is 27.7 Å². The first-order valence-corrected chi connectivity index (χ1v) is 3.63. The van der Waals surface area contributed by atoms with E-state index in [1.54, 1.807) is 0 Å². The Bertz CT molecular complexity index is 162. The fourth-order valence-electron chi connectivity index (χ4n) is 0. The van der Waals surface area contributed by atoms with E-state index in [0.29, 0.717) is 0 Å². The second-order valence-electron chi connectivity index (χ2n) is 1.97. The third-order valence-corrected chi connectivity index (χ3v) is 0. The second kappa shape index (κ2) is 23.9. The van der Waals surface area contributed by atoms with E-state index < -0.39 is 23.9 Å². The Morgan fingerprint density at radius 3 is 0.529 bits per heavy atom. The van der Waals surface area contributed by atoms with Crippen molar-refractivity contribution in [1.29, 1.82) is 0 Å². The molecule has 0 heterocycles. The molecule has 0 rings (SSSR count). The maximum Gasteiger partial charge on any atom is 4.00 e. The topological polar surface area (TPSA) is 161 Å². The van der Waals surface area contributed by atoms with Crippen LogP contribution in [0.1, 0.15) is 27.7 Å². The smallest absolute Gasteiger partial charge is 0.550 e. The van der Waals surface area contributed by atoms with Crippen molar-refractivity contribution in [2.24, 2.45) is 0 Å². The van der Waals surface area contributed by atoms with Crippen molar-refractivity contribution >= 4 is 23.9 Å². The predicted octanol–water partition coefficient (Wildman–Crippen LogP) is -4.98. The summed E-state index contributed by atoms with van der Waals surface area (Å²) in [6.07, 6.45) is 0. The molecule has 0 aromatic rings. The van der Waals surface area contributed by atoms with Gasteiger partial charge in [-0.25, -0.2) is 0 Å². The average molecular weight is 292 g/mol. The number of hydrogen-bond acceptors (Lipinski definition) is 8. The van der Waals surface area contributed by atoms with Crippen LogP contribution < -0.4 is 20.4 Å². The van der Waals surface area contributed by atoms with Crippen molar-refractivity contribution in [2.75, 3.05) is 0 Å². The van der Waals surface area contributed by atoms with Crippen LogP contribution >= 0.6 is 0 Å². The molecule has 0 unspecified atom stereocenters. The molecule has 8 nitrogen and oxygen atoms in total. The molecule has 0 fully saturated rings. The number of carbonyl (C=O) groups is 4. The van der Waals surface area contributed by atoms with E-state index in [9.17, 15) is 0 Å². The van der Waals surface area contributed by atoms with Crippen LogP contribution in [0.5, 0.6) is 0 Å². The van der Waals surface area contributed by atoms with Gasteiger partial charge in [0, 0.05) is 23.9 Å². The molecule has 0 spiro atoms. The standard InChI is InChI=1S/4C2H4O2.Fe/c4*1-2(3)4;/h4*1H3,(H,3,4);/q;;;;+4/p-4. The Morgan fingerprint density at radius 1 is 0.529 bits per heavy atom. The number of carboxylic acids is 4. The van der Waals surface area contributed by atoms with E-state index in [1.807, 2.05) is 0 Å². The number of carboxylic acid groups (broad SMARTS) is 4. The van der Waals surface area contributed by atoms with Gasteiger partial charge in [0.1, 0.15) is 0 Å². The van der Waals surface area contributed by atoms with E-state index in [1.165, 1.54) is 0 Å². The van der Waals surface area contributed by atoms with Gasteiger partial charge in [-0.3, -0.25) is 0 Å². The summed E-state index contributed by atoms with van der Waals surface area (Å²) in [5, 5.41) is 35.6. The Hall–Kier alpha value is -1.60. The van der Waals surface area contributed by atoms with Crippen LogP contribution in [0.2, 0.25) is 0 Å². The molecule has 0 radical (unpaired) electrons. The Kier molecular flexibility index (Phi) is 41.5. The summed E-state index contributed by atoms with van der Waals surface area (Å²) in [7, 11) is 0. The van der Waals surface area contributed by atoms with Crippen molar-refractivity contribution in [2.45, 2.75) is 27.7 Å². The zero-order valence-corrected chi connectivity index (χ0v) is 10.7. The SMILES string of the molecule is CC(=O)[O-].CC(=O)[O-].CC(=O)[O-].CC(=O)[O-].[Fe+4]. The first-order valence-electron chi connectivity index (χ1n) is 3.63. The van der Waals surface area contributed by atoms with Crippen LogP contribution in [0, 0.1) is 0 Å². The quantitative estimate of drug-likeness (QED) is 0.401.